The van der Waals surface area contributed by atoms with E-state index in [1.54, 1.807) is 0 Å². The average molecular weight is 257 g/mol. The third kappa shape index (κ3) is 5.83. The number of ether oxygens (including phenoxy) is 1. The van der Waals surface area contributed by atoms with E-state index in [0.29, 0.717) is 6.04 Å². The first kappa shape index (κ1) is 15.4. The Kier molecular flexibility index (Phi) is 7.28. The highest BCUT2D eigenvalue weighted by Gasteiger charge is 2.23. The van der Waals surface area contributed by atoms with E-state index in [9.17, 15) is 4.79 Å². The normalized spacial score (nSPS) is 19.9. The molecule has 1 atom stereocenters. The summed E-state index contributed by atoms with van der Waals surface area (Å²) in [7, 11) is 0. The van der Waals surface area contributed by atoms with Gasteiger partial charge in [-0.05, 0) is 26.2 Å². The molecule has 0 aliphatic carbocycles. The van der Waals surface area contributed by atoms with Crippen LogP contribution in [0, 0.1) is 0 Å². The molecular weight excluding hydrogens is 230 g/mol. The maximum Gasteiger partial charge on any atom is 0.329 e. The molecule has 1 saturated heterocycles. The lowest BCUT2D eigenvalue weighted by Crippen LogP contribution is -2.42. The highest BCUT2D eigenvalue weighted by Crippen LogP contribution is 2.18. The van der Waals surface area contributed by atoms with Gasteiger partial charge in [-0.25, -0.2) is 4.79 Å². The van der Waals surface area contributed by atoms with Gasteiger partial charge in [-0.1, -0.05) is 26.2 Å². The number of nitrogens with zero attached hydrogens (tertiary/aromatic N) is 1. The molecule has 0 amide bonds. The van der Waals surface area contributed by atoms with Crippen molar-refractivity contribution < 1.29 is 14.6 Å². The van der Waals surface area contributed by atoms with E-state index in [1.807, 2.05) is 0 Å². The highest BCUT2D eigenvalue weighted by molar-refractivity contribution is 5.68. The van der Waals surface area contributed by atoms with Gasteiger partial charge in [0.2, 0.25) is 0 Å². The zero-order valence-electron chi connectivity index (χ0n) is 11.7. The van der Waals surface area contributed by atoms with Crippen LogP contribution in [0.4, 0.5) is 0 Å². The number of piperidine rings is 1. The van der Waals surface area contributed by atoms with Crippen molar-refractivity contribution >= 4 is 5.97 Å². The first-order valence-corrected chi connectivity index (χ1v) is 7.21. The summed E-state index contributed by atoms with van der Waals surface area (Å²) in [4.78, 5) is 12.9. The van der Waals surface area contributed by atoms with Gasteiger partial charge in [0.05, 0.1) is 6.10 Å². The number of aliphatic carboxylic acids is 1. The van der Waals surface area contributed by atoms with Crippen LogP contribution >= 0.6 is 0 Å². The van der Waals surface area contributed by atoms with E-state index in [-0.39, 0.29) is 12.7 Å². The van der Waals surface area contributed by atoms with E-state index >= 15 is 0 Å². The van der Waals surface area contributed by atoms with Crippen molar-refractivity contribution in [1.29, 1.82) is 0 Å². The van der Waals surface area contributed by atoms with Crippen molar-refractivity contribution in [3.05, 3.63) is 0 Å². The van der Waals surface area contributed by atoms with Crippen LogP contribution in [-0.2, 0) is 9.53 Å². The molecule has 0 bridgehead atoms. The van der Waals surface area contributed by atoms with Gasteiger partial charge in [0.25, 0.3) is 0 Å². The molecule has 0 radical (unpaired) electrons. The first-order chi connectivity index (χ1) is 8.63. The van der Waals surface area contributed by atoms with Crippen LogP contribution in [0.25, 0.3) is 0 Å². The first-order valence-electron chi connectivity index (χ1n) is 7.21. The lowest BCUT2D eigenvalue weighted by atomic mass is 10.0. The van der Waals surface area contributed by atoms with Gasteiger partial charge in [-0.15, -0.1) is 0 Å². The summed E-state index contributed by atoms with van der Waals surface area (Å²) in [5.41, 5.74) is 0. The quantitative estimate of drug-likeness (QED) is 0.679. The van der Waals surface area contributed by atoms with Crippen molar-refractivity contribution in [3.63, 3.8) is 0 Å². The summed E-state index contributed by atoms with van der Waals surface area (Å²) in [6.07, 6.45) is 7.25. The second kappa shape index (κ2) is 8.48. The Morgan fingerprint density at radius 3 is 2.61 bits per heavy atom. The number of rotatable bonds is 8. The fourth-order valence-electron chi connectivity index (χ4n) is 2.54. The van der Waals surface area contributed by atoms with E-state index in [4.69, 9.17) is 9.84 Å². The number of carboxylic acids is 1. The number of hydrogen-bond donors (Lipinski definition) is 1. The number of carbonyl (C=O) groups is 1. The molecule has 1 aliphatic heterocycles. The summed E-state index contributed by atoms with van der Waals surface area (Å²) < 4.78 is 5.34. The predicted octanol–water partition coefficient (Wildman–Crippen LogP) is 2.52. The third-order valence-electron chi connectivity index (χ3n) is 3.77. The summed E-state index contributed by atoms with van der Waals surface area (Å²) in [5, 5.41) is 8.57. The maximum atomic E-state index is 10.4. The van der Waals surface area contributed by atoms with Gasteiger partial charge in [0, 0.05) is 19.1 Å². The minimum absolute atomic E-state index is 0.139. The van der Waals surface area contributed by atoms with Crippen molar-refractivity contribution in [2.24, 2.45) is 0 Å². The van der Waals surface area contributed by atoms with E-state index in [0.717, 1.165) is 25.9 Å². The average Bonchev–Trinajstić information content (AvgIpc) is 2.37. The summed E-state index contributed by atoms with van der Waals surface area (Å²) >= 11 is 0. The number of carboxylic acid groups (broad SMARTS) is 1. The fourth-order valence-corrected chi connectivity index (χ4v) is 2.54. The van der Waals surface area contributed by atoms with Gasteiger partial charge >= 0.3 is 5.97 Å². The molecule has 4 nitrogen and oxygen atoms in total. The van der Waals surface area contributed by atoms with Crippen LogP contribution in [-0.4, -0.2) is 47.8 Å². The van der Waals surface area contributed by atoms with Crippen LogP contribution in [0.3, 0.4) is 0 Å². The molecule has 1 unspecified atom stereocenters. The topological polar surface area (TPSA) is 49.8 Å². The largest absolute Gasteiger partial charge is 0.480 e. The molecule has 0 aromatic heterocycles. The molecule has 1 heterocycles. The molecule has 0 saturated carbocycles. The van der Waals surface area contributed by atoms with E-state index in [2.05, 4.69) is 18.7 Å². The molecule has 1 aliphatic rings. The monoisotopic (exact) mass is 257 g/mol. The minimum atomic E-state index is -0.870. The molecule has 1 fully saturated rings. The summed E-state index contributed by atoms with van der Waals surface area (Å²) in [6.45, 7) is 6.45. The van der Waals surface area contributed by atoms with Crippen LogP contribution < -0.4 is 0 Å². The van der Waals surface area contributed by atoms with Crippen molar-refractivity contribution in [2.45, 2.75) is 64.5 Å². The molecule has 0 spiro atoms. The maximum absolute atomic E-state index is 10.4. The van der Waals surface area contributed by atoms with Crippen LogP contribution in [0.2, 0.25) is 0 Å². The summed E-state index contributed by atoms with van der Waals surface area (Å²) in [6, 6.07) is 0.650. The van der Waals surface area contributed by atoms with Crippen molar-refractivity contribution in [2.75, 3.05) is 19.7 Å². The van der Waals surface area contributed by atoms with Gasteiger partial charge < -0.3 is 14.7 Å². The Bertz CT molecular complexity index is 237. The fraction of sp³-hybridized carbons (Fsp3) is 0.929. The molecule has 18 heavy (non-hydrogen) atoms. The molecule has 1 N–H and O–H groups in total. The molecule has 1 rings (SSSR count). The standard InChI is InChI=1S/C14H27NO3/c1-3-4-5-6-12(2)15-9-7-13(8-10-15)18-11-14(16)17/h12-13H,3-11H2,1-2H3,(H,16,17). The van der Waals surface area contributed by atoms with Crippen LogP contribution in [0.15, 0.2) is 0 Å². The SMILES string of the molecule is CCCCCC(C)N1CCC(OCC(=O)O)CC1. The molecule has 106 valence electrons. The lowest BCUT2D eigenvalue weighted by molar-refractivity contribution is -0.145. The second-order valence-electron chi connectivity index (χ2n) is 5.28. The molecular formula is C14H27NO3. The van der Waals surface area contributed by atoms with Crippen molar-refractivity contribution in [1.82, 2.24) is 4.90 Å². The molecule has 0 aromatic carbocycles. The number of likely N-dealkylation sites (tertiary alicyclic amines) is 1. The Morgan fingerprint density at radius 1 is 1.39 bits per heavy atom. The van der Waals surface area contributed by atoms with E-state index in [1.165, 1.54) is 25.7 Å². The van der Waals surface area contributed by atoms with Gasteiger partial charge in [0.15, 0.2) is 0 Å². The number of unbranched alkanes of at least 4 members (excludes halogenated alkanes) is 2. The second-order valence-corrected chi connectivity index (χ2v) is 5.28. The zero-order valence-corrected chi connectivity index (χ0v) is 11.7. The van der Waals surface area contributed by atoms with E-state index < -0.39 is 5.97 Å². The van der Waals surface area contributed by atoms with Crippen LogP contribution in [0.5, 0.6) is 0 Å². The smallest absolute Gasteiger partial charge is 0.329 e. The Labute approximate surface area is 110 Å². The summed E-state index contributed by atoms with van der Waals surface area (Å²) in [5.74, 6) is -0.870. The Balaban J connectivity index is 2.15. The van der Waals surface area contributed by atoms with Gasteiger partial charge in [-0.2, -0.15) is 0 Å². The van der Waals surface area contributed by atoms with Gasteiger partial charge in [-0.3, -0.25) is 0 Å². The highest BCUT2D eigenvalue weighted by atomic mass is 16.5. The van der Waals surface area contributed by atoms with Gasteiger partial charge in [0.1, 0.15) is 6.61 Å². The Hall–Kier alpha value is -0.610. The van der Waals surface area contributed by atoms with Crippen molar-refractivity contribution in [3.8, 4) is 0 Å². The predicted molar refractivity (Wildman–Crippen MR) is 71.8 cm³/mol. The minimum Gasteiger partial charge on any atom is -0.480 e. The van der Waals surface area contributed by atoms with Crippen LogP contribution in [0.1, 0.15) is 52.4 Å². The number of hydrogen-bond acceptors (Lipinski definition) is 3. The third-order valence-corrected chi connectivity index (χ3v) is 3.77. The Morgan fingerprint density at radius 2 is 2.06 bits per heavy atom. The lowest BCUT2D eigenvalue weighted by Gasteiger charge is -2.35. The molecule has 4 heteroatoms. The zero-order chi connectivity index (χ0) is 13.4. The molecule has 0 aromatic rings.